The van der Waals surface area contributed by atoms with Crippen molar-refractivity contribution in [1.82, 2.24) is 10.2 Å². The van der Waals surface area contributed by atoms with Crippen LogP contribution in [-0.2, 0) is 6.54 Å². The summed E-state index contributed by atoms with van der Waals surface area (Å²) >= 11 is 0. The number of benzene rings is 1. The first-order valence-electron chi connectivity index (χ1n) is 8.19. The minimum atomic E-state index is -0.160. The van der Waals surface area contributed by atoms with Crippen molar-refractivity contribution in [2.75, 3.05) is 13.6 Å². The lowest BCUT2D eigenvalue weighted by Crippen LogP contribution is -2.55. The van der Waals surface area contributed by atoms with Crippen LogP contribution in [0.2, 0.25) is 0 Å². The van der Waals surface area contributed by atoms with Gasteiger partial charge in [0, 0.05) is 18.6 Å². The molecule has 1 fully saturated rings. The van der Waals surface area contributed by atoms with E-state index in [0.717, 1.165) is 19.0 Å². The minimum absolute atomic E-state index is 0.160. The van der Waals surface area contributed by atoms with Gasteiger partial charge >= 0.3 is 0 Å². The van der Waals surface area contributed by atoms with Gasteiger partial charge in [0.25, 0.3) is 0 Å². The van der Waals surface area contributed by atoms with Gasteiger partial charge in [-0.2, -0.15) is 0 Å². The molecule has 0 amide bonds. The van der Waals surface area contributed by atoms with E-state index in [1.54, 1.807) is 12.1 Å². The predicted molar refractivity (Wildman–Crippen MR) is 86.7 cm³/mol. The monoisotopic (exact) mass is 292 g/mol. The van der Waals surface area contributed by atoms with Crippen molar-refractivity contribution in [2.24, 2.45) is 11.8 Å². The molecule has 118 valence electrons. The molecule has 3 heteroatoms. The van der Waals surface area contributed by atoms with Crippen molar-refractivity contribution >= 4 is 0 Å². The second kappa shape index (κ2) is 7.37. The molecule has 1 aliphatic rings. The average Bonchev–Trinajstić information content (AvgIpc) is 2.41. The number of nitrogens with one attached hydrogen (secondary N) is 1. The summed E-state index contributed by atoms with van der Waals surface area (Å²) in [6.45, 7) is 8.81. The molecule has 0 heterocycles. The number of hydrogen-bond donors (Lipinski definition) is 1. The van der Waals surface area contributed by atoms with Crippen molar-refractivity contribution in [3.05, 3.63) is 35.6 Å². The molecule has 0 bridgehead atoms. The first-order chi connectivity index (χ1) is 10.0. The minimum Gasteiger partial charge on any atom is -0.313 e. The van der Waals surface area contributed by atoms with Gasteiger partial charge in [-0.3, -0.25) is 4.90 Å². The van der Waals surface area contributed by atoms with E-state index in [1.807, 2.05) is 12.1 Å². The Labute approximate surface area is 128 Å². The molecule has 1 aromatic carbocycles. The largest absolute Gasteiger partial charge is 0.313 e. The van der Waals surface area contributed by atoms with E-state index in [0.29, 0.717) is 18.0 Å². The molecule has 21 heavy (non-hydrogen) atoms. The Bertz CT molecular complexity index is 431. The molecule has 1 N–H and O–H groups in total. The van der Waals surface area contributed by atoms with E-state index >= 15 is 0 Å². The summed E-state index contributed by atoms with van der Waals surface area (Å²) in [6.07, 6.45) is 2.54. The van der Waals surface area contributed by atoms with E-state index < -0.39 is 0 Å². The molecule has 1 saturated carbocycles. The van der Waals surface area contributed by atoms with Gasteiger partial charge in [0.15, 0.2) is 0 Å². The van der Waals surface area contributed by atoms with Crippen LogP contribution in [0.25, 0.3) is 0 Å². The lowest BCUT2D eigenvalue weighted by atomic mass is 9.76. The lowest BCUT2D eigenvalue weighted by Gasteiger charge is -2.45. The van der Waals surface area contributed by atoms with Gasteiger partial charge < -0.3 is 5.32 Å². The van der Waals surface area contributed by atoms with E-state index in [1.165, 1.54) is 18.4 Å². The summed E-state index contributed by atoms with van der Waals surface area (Å²) in [5.41, 5.74) is 1.18. The molecule has 0 aliphatic heterocycles. The Kier molecular flexibility index (Phi) is 5.77. The summed E-state index contributed by atoms with van der Waals surface area (Å²) < 4.78 is 13.0. The molecule has 2 nitrogen and oxygen atoms in total. The van der Waals surface area contributed by atoms with E-state index in [2.05, 4.69) is 38.0 Å². The van der Waals surface area contributed by atoms with Crippen LogP contribution in [0.15, 0.2) is 24.3 Å². The van der Waals surface area contributed by atoms with Crippen LogP contribution in [0.4, 0.5) is 4.39 Å². The van der Waals surface area contributed by atoms with Crippen LogP contribution in [-0.4, -0.2) is 30.6 Å². The van der Waals surface area contributed by atoms with Gasteiger partial charge in [-0.05, 0) is 56.0 Å². The molecular weight excluding hydrogens is 263 g/mol. The second-order valence-electron chi connectivity index (χ2n) is 6.75. The lowest BCUT2D eigenvalue weighted by molar-refractivity contribution is 0.0761. The zero-order chi connectivity index (χ0) is 15.4. The highest BCUT2D eigenvalue weighted by Gasteiger charge is 2.35. The van der Waals surface area contributed by atoms with Gasteiger partial charge in [0.1, 0.15) is 5.82 Å². The number of likely N-dealkylation sites (N-methyl/N-ethyl adjacent to an activating group) is 2. The molecule has 4 atom stereocenters. The number of nitrogens with zero attached hydrogens (tertiary/aromatic N) is 1. The van der Waals surface area contributed by atoms with Gasteiger partial charge in [-0.1, -0.05) is 32.9 Å². The van der Waals surface area contributed by atoms with Crippen LogP contribution >= 0.6 is 0 Å². The van der Waals surface area contributed by atoms with Gasteiger partial charge in [-0.15, -0.1) is 0 Å². The SMILES string of the molecule is CCNC1CC(C)CC(C)C1N(C)Cc1ccc(F)cc1. The third kappa shape index (κ3) is 4.27. The molecular formula is C18H29FN2. The van der Waals surface area contributed by atoms with Crippen molar-refractivity contribution in [1.29, 1.82) is 0 Å². The fourth-order valence-electron chi connectivity index (χ4n) is 4.03. The Morgan fingerprint density at radius 1 is 1.19 bits per heavy atom. The van der Waals surface area contributed by atoms with Gasteiger partial charge in [0.2, 0.25) is 0 Å². The fraction of sp³-hybridized carbons (Fsp3) is 0.667. The standard InChI is InChI=1S/C18H29FN2/c1-5-20-17-11-13(2)10-14(3)18(17)21(4)12-15-6-8-16(19)9-7-15/h6-9,13-14,17-18,20H,5,10-12H2,1-4H3. The summed E-state index contributed by atoms with van der Waals surface area (Å²) in [4.78, 5) is 2.44. The molecule has 0 aromatic heterocycles. The quantitative estimate of drug-likeness (QED) is 0.891. The van der Waals surface area contributed by atoms with Crippen LogP contribution in [0.3, 0.4) is 0 Å². The molecule has 1 aromatic rings. The Morgan fingerprint density at radius 3 is 2.48 bits per heavy atom. The smallest absolute Gasteiger partial charge is 0.123 e. The maximum atomic E-state index is 13.0. The first-order valence-corrected chi connectivity index (χ1v) is 8.19. The zero-order valence-corrected chi connectivity index (χ0v) is 13.8. The van der Waals surface area contributed by atoms with E-state index in [4.69, 9.17) is 0 Å². The van der Waals surface area contributed by atoms with Gasteiger partial charge in [0.05, 0.1) is 0 Å². The predicted octanol–water partition coefficient (Wildman–Crippen LogP) is 3.67. The van der Waals surface area contributed by atoms with E-state index in [9.17, 15) is 4.39 Å². The summed E-state index contributed by atoms with van der Waals surface area (Å²) in [7, 11) is 2.20. The number of halogens is 1. The summed E-state index contributed by atoms with van der Waals surface area (Å²) in [5, 5.41) is 3.67. The maximum absolute atomic E-state index is 13.0. The fourth-order valence-corrected chi connectivity index (χ4v) is 4.03. The highest BCUT2D eigenvalue weighted by Crippen LogP contribution is 2.32. The molecule has 4 unspecified atom stereocenters. The molecule has 2 rings (SSSR count). The topological polar surface area (TPSA) is 15.3 Å². The highest BCUT2D eigenvalue weighted by molar-refractivity contribution is 5.16. The summed E-state index contributed by atoms with van der Waals surface area (Å²) in [5.74, 6) is 1.31. The summed E-state index contributed by atoms with van der Waals surface area (Å²) in [6, 6.07) is 7.99. The van der Waals surface area contributed by atoms with E-state index in [-0.39, 0.29) is 5.82 Å². The van der Waals surface area contributed by atoms with Crippen molar-refractivity contribution in [2.45, 2.75) is 52.2 Å². The van der Waals surface area contributed by atoms with Gasteiger partial charge in [-0.25, -0.2) is 4.39 Å². The Balaban J connectivity index is 2.06. The Morgan fingerprint density at radius 2 is 1.86 bits per heavy atom. The zero-order valence-electron chi connectivity index (χ0n) is 13.8. The first kappa shape index (κ1) is 16.4. The molecule has 0 spiro atoms. The van der Waals surface area contributed by atoms with Crippen molar-refractivity contribution in [3.8, 4) is 0 Å². The average molecular weight is 292 g/mol. The molecule has 0 saturated heterocycles. The van der Waals surface area contributed by atoms with Crippen LogP contribution in [0, 0.1) is 17.7 Å². The second-order valence-corrected chi connectivity index (χ2v) is 6.75. The maximum Gasteiger partial charge on any atom is 0.123 e. The molecule has 0 radical (unpaired) electrons. The van der Waals surface area contributed by atoms with Crippen LogP contribution in [0.5, 0.6) is 0 Å². The number of hydrogen-bond acceptors (Lipinski definition) is 2. The highest BCUT2D eigenvalue weighted by atomic mass is 19.1. The third-order valence-electron chi connectivity index (χ3n) is 4.75. The number of rotatable bonds is 5. The third-order valence-corrected chi connectivity index (χ3v) is 4.75. The van der Waals surface area contributed by atoms with Crippen molar-refractivity contribution in [3.63, 3.8) is 0 Å². The molecule has 1 aliphatic carbocycles. The Hall–Kier alpha value is -0.930. The van der Waals surface area contributed by atoms with Crippen LogP contribution in [0.1, 0.15) is 39.2 Å². The van der Waals surface area contributed by atoms with Crippen LogP contribution < -0.4 is 5.32 Å². The van der Waals surface area contributed by atoms with Crippen molar-refractivity contribution < 1.29 is 4.39 Å². The normalized spacial score (nSPS) is 29.8.